The maximum absolute atomic E-state index is 12.8. The molecule has 1 aromatic heterocycles. The zero-order chi connectivity index (χ0) is 33.6. The van der Waals surface area contributed by atoms with Gasteiger partial charge in [0, 0.05) is 18.3 Å². The van der Waals surface area contributed by atoms with Crippen LogP contribution in [-0.4, -0.2) is 22.6 Å². The quantitative estimate of drug-likeness (QED) is 0.110. The zero-order valence-electron chi connectivity index (χ0n) is 25.7. The third-order valence-corrected chi connectivity index (χ3v) is 6.85. The molecule has 0 fully saturated rings. The number of hydrogen-bond acceptors (Lipinski definition) is 3. The predicted molar refractivity (Wildman–Crippen MR) is 179 cm³/mol. The van der Waals surface area contributed by atoms with E-state index in [2.05, 4.69) is 41.7 Å². The third kappa shape index (κ3) is 11.0. The van der Waals surface area contributed by atoms with Crippen LogP contribution in [0.4, 0.5) is 13.2 Å². The number of aryl methyl sites for hydroxylation is 1. The summed E-state index contributed by atoms with van der Waals surface area (Å²) in [6, 6.07) is 18.8. The van der Waals surface area contributed by atoms with Gasteiger partial charge in [0.15, 0.2) is 0 Å². The Bertz CT molecular complexity index is 1650. The topological polar surface area (TPSA) is 44.1 Å². The minimum absolute atomic E-state index is 0.241. The number of terminal acetylenes is 1. The standard InChI is InChI=1S/C30H26ClF3N2.C5H8O2.C2H2/c1-4-20(2)18-36-19-28(26-15-5-21(3)17-27(26)31)35-29(36)16-8-22-6-9-23(10-7-22)24-11-13-25(14-12-24)30(32,33)34;1-3-4-5(6)7-2;1-2/h4-17,19H,18H2,1-3H3;3H,1,4H2,2H3;1-2H/b16-8+,20-4+;;. The summed E-state index contributed by atoms with van der Waals surface area (Å²) in [6.45, 7) is 10.1. The van der Waals surface area contributed by atoms with E-state index >= 15 is 0 Å². The monoisotopic (exact) mass is 632 g/mol. The van der Waals surface area contributed by atoms with Gasteiger partial charge >= 0.3 is 12.1 Å². The van der Waals surface area contributed by atoms with Gasteiger partial charge in [0.25, 0.3) is 0 Å². The normalized spacial score (nSPS) is 11.2. The van der Waals surface area contributed by atoms with Crippen LogP contribution in [0.15, 0.2) is 97.2 Å². The fourth-order valence-electron chi connectivity index (χ4n) is 4.02. The Labute approximate surface area is 268 Å². The number of methoxy groups -OCH3 is 1. The molecule has 0 aliphatic heterocycles. The van der Waals surface area contributed by atoms with Crippen LogP contribution >= 0.6 is 11.6 Å². The van der Waals surface area contributed by atoms with E-state index < -0.39 is 11.7 Å². The van der Waals surface area contributed by atoms with E-state index in [0.29, 0.717) is 18.0 Å². The Balaban J connectivity index is 0.000000692. The second-order valence-electron chi connectivity index (χ2n) is 9.83. The molecule has 45 heavy (non-hydrogen) atoms. The number of rotatable bonds is 8. The number of allylic oxidation sites excluding steroid dienone is 2. The van der Waals surface area contributed by atoms with E-state index in [1.165, 1.54) is 30.9 Å². The summed E-state index contributed by atoms with van der Waals surface area (Å²) in [4.78, 5) is 15.0. The number of halogens is 4. The van der Waals surface area contributed by atoms with Crippen molar-refractivity contribution in [3.05, 3.63) is 125 Å². The van der Waals surface area contributed by atoms with Gasteiger partial charge in [-0.05, 0) is 67.3 Å². The Morgan fingerprint density at radius 2 is 1.62 bits per heavy atom. The number of carbonyl (C=O) groups excluding carboxylic acids is 1. The van der Waals surface area contributed by atoms with Gasteiger partial charge < -0.3 is 9.30 Å². The summed E-state index contributed by atoms with van der Waals surface area (Å²) >= 11 is 6.49. The number of ether oxygens (including phenoxy) is 1. The largest absolute Gasteiger partial charge is 0.469 e. The first-order chi connectivity index (χ1) is 21.4. The minimum atomic E-state index is -4.34. The average Bonchev–Trinajstić information content (AvgIpc) is 3.43. The highest BCUT2D eigenvalue weighted by Crippen LogP contribution is 2.31. The molecule has 0 bridgehead atoms. The molecule has 0 spiro atoms. The van der Waals surface area contributed by atoms with Crippen molar-refractivity contribution >= 4 is 29.7 Å². The van der Waals surface area contributed by atoms with Crippen molar-refractivity contribution in [2.75, 3.05) is 7.11 Å². The highest BCUT2D eigenvalue weighted by molar-refractivity contribution is 6.33. The van der Waals surface area contributed by atoms with Crippen molar-refractivity contribution in [2.24, 2.45) is 0 Å². The molecule has 0 amide bonds. The van der Waals surface area contributed by atoms with E-state index in [0.717, 1.165) is 51.5 Å². The van der Waals surface area contributed by atoms with Crippen molar-refractivity contribution in [1.29, 1.82) is 0 Å². The summed E-state index contributed by atoms with van der Waals surface area (Å²) in [5.41, 5.74) is 5.88. The number of imidazole rings is 1. The van der Waals surface area contributed by atoms with Crippen LogP contribution < -0.4 is 0 Å². The number of alkyl halides is 3. The molecule has 0 aliphatic carbocycles. The van der Waals surface area contributed by atoms with Gasteiger partial charge in [-0.1, -0.05) is 83.9 Å². The summed E-state index contributed by atoms with van der Waals surface area (Å²) in [5, 5.41) is 0.664. The summed E-state index contributed by atoms with van der Waals surface area (Å²) in [5.74, 6) is 0.560. The van der Waals surface area contributed by atoms with Crippen LogP contribution in [0, 0.1) is 19.8 Å². The Morgan fingerprint density at radius 3 is 2.11 bits per heavy atom. The second kappa shape index (κ2) is 17.5. The average molecular weight is 633 g/mol. The molecule has 4 rings (SSSR count). The number of carbonyl (C=O) groups is 1. The SMILES string of the molecule is C#C.C/C=C(\C)Cn1cc(-c2ccc(C)cc2Cl)nc1/C=C/c1ccc(-c2ccc(C(F)(F)F)cc2)cc1.C=CCC(=O)OC. The van der Waals surface area contributed by atoms with E-state index in [9.17, 15) is 18.0 Å². The van der Waals surface area contributed by atoms with Crippen LogP contribution in [0.3, 0.4) is 0 Å². The van der Waals surface area contributed by atoms with E-state index in [-0.39, 0.29) is 5.97 Å². The number of aromatic nitrogens is 2. The molecule has 0 saturated heterocycles. The molecule has 0 atom stereocenters. The summed E-state index contributed by atoms with van der Waals surface area (Å²) in [6.07, 6.45) is 13.5. The lowest BCUT2D eigenvalue weighted by Crippen LogP contribution is -2.03. The minimum Gasteiger partial charge on any atom is -0.469 e. The van der Waals surface area contributed by atoms with Gasteiger partial charge in [0.2, 0.25) is 0 Å². The molecule has 234 valence electrons. The van der Waals surface area contributed by atoms with Gasteiger partial charge in [0.1, 0.15) is 5.82 Å². The molecule has 4 aromatic rings. The van der Waals surface area contributed by atoms with Crippen molar-refractivity contribution < 1.29 is 22.7 Å². The highest BCUT2D eigenvalue weighted by Gasteiger charge is 2.29. The van der Waals surface area contributed by atoms with Crippen molar-refractivity contribution in [2.45, 2.75) is 39.9 Å². The lowest BCUT2D eigenvalue weighted by molar-refractivity contribution is -0.139. The van der Waals surface area contributed by atoms with Crippen LogP contribution in [-0.2, 0) is 22.3 Å². The molecule has 0 radical (unpaired) electrons. The lowest BCUT2D eigenvalue weighted by Gasteiger charge is -2.08. The van der Waals surface area contributed by atoms with Crippen LogP contribution in [0.1, 0.15) is 42.8 Å². The van der Waals surface area contributed by atoms with Crippen LogP contribution in [0.25, 0.3) is 34.5 Å². The molecule has 8 heteroatoms. The first kappa shape index (κ1) is 36.4. The number of nitrogens with zero attached hydrogens (tertiary/aromatic N) is 2. The first-order valence-electron chi connectivity index (χ1n) is 13.9. The zero-order valence-corrected chi connectivity index (χ0v) is 26.5. The maximum atomic E-state index is 12.8. The first-order valence-corrected chi connectivity index (χ1v) is 14.2. The molecule has 0 aliphatic rings. The maximum Gasteiger partial charge on any atom is 0.416 e. The Morgan fingerprint density at radius 1 is 1.02 bits per heavy atom. The second-order valence-corrected chi connectivity index (χ2v) is 10.2. The van der Waals surface area contributed by atoms with Crippen LogP contribution in [0.5, 0.6) is 0 Å². The highest BCUT2D eigenvalue weighted by atomic mass is 35.5. The molecule has 0 saturated carbocycles. The van der Waals surface area contributed by atoms with E-state index in [1.807, 2.05) is 74.7 Å². The van der Waals surface area contributed by atoms with Gasteiger partial charge in [-0.25, -0.2) is 4.98 Å². The van der Waals surface area contributed by atoms with Gasteiger partial charge in [0.05, 0.1) is 29.8 Å². The fourth-order valence-corrected chi connectivity index (χ4v) is 4.35. The predicted octanol–water partition coefficient (Wildman–Crippen LogP) is 10.3. The van der Waals surface area contributed by atoms with Crippen molar-refractivity contribution in [3.8, 4) is 35.2 Å². The molecule has 1 heterocycles. The van der Waals surface area contributed by atoms with Crippen LogP contribution in [0.2, 0.25) is 5.02 Å². The summed E-state index contributed by atoms with van der Waals surface area (Å²) in [7, 11) is 1.35. The lowest BCUT2D eigenvalue weighted by atomic mass is 10.0. The number of esters is 1. The molecule has 4 nitrogen and oxygen atoms in total. The molecule has 0 N–H and O–H groups in total. The molecular formula is C37H36ClF3N2O2. The Hall–Kier alpha value is -4.80. The number of benzene rings is 3. The van der Waals surface area contributed by atoms with Crippen molar-refractivity contribution in [1.82, 2.24) is 9.55 Å². The molecular weight excluding hydrogens is 597 g/mol. The summed E-state index contributed by atoms with van der Waals surface area (Å²) < 4.78 is 44.9. The fraction of sp³-hybridized carbons (Fsp3) is 0.189. The van der Waals surface area contributed by atoms with Gasteiger partial charge in [-0.2, -0.15) is 13.2 Å². The van der Waals surface area contributed by atoms with E-state index in [1.54, 1.807) is 0 Å². The van der Waals surface area contributed by atoms with Gasteiger partial charge in [-0.15, -0.1) is 19.4 Å². The molecule has 0 unspecified atom stereocenters. The third-order valence-electron chi connectivity index (χ3n) is 6.54. The van der Waals surface area contributed by atoms with Gasteiger partial charge in [-0.3, -0.25) is 4.79 Å². The van der Waals surface area contributed by atoms with Crippen molar-refractivity contribution in [3.63, 3.8) is 0 Å². The smallest absolute Gasteiger partial charge is 0.416 e. The number of hydrogen-bond donors (Lipinski definition) is 0. The van der Waals surface area contributed by atoms with E-state index in [4.69, 9.17) is 16.6 Å². The Kier molecular flexibility index (Phi) is 14.1. The molecule has 3 aromatic carbocycles.